The van der Waals surface area contributed by atoms with Gasteiger partial charge >= 0.3 is 6.18 Å². The van der Waals surface area contributed by atoms with Gasteiger partial charge in [0.25, 0.3) is 0 Å². The first kappa shape index (κ1) is 18.2. The molecule has 0 aliphatic heterocycles. The van der Waals surface area contributed by atoms with E-state index in [9.17, 15) is 13.2 Å². The summed E-state index contributed by atoms with van der Waals surface area (Å²) in [6.45, 7) is -3.23. The highest BCUT2D eigenvalue weighted by atomic mass is 35.9. The molecule has 0 aromatic heterocycles. The van der Waals surface area contributed by atoms with Crippen molar-refractivity contribution in [2.24, 2.45) is 4.52 Å². The predicted molar refractivity (Wildman–Crippen MR) is 67.7 cm³/mol. The van der Waals surface area contributed by atoms with E-state index in [1.54, 1.807) is 0 Å². The van der Waals surface area contributed by atoms with Crippen molar-refractivity contribution >= 4 is 78.4 Å². The summed E-state index contributed by atoms with van der Waals surface area (Å²) in [5.41, 5.74) is 0. The molecule has 3 nitrogen and oxygen atoms in total. The fraction of sp³-hybridized carbons (Fsp3) is 1.00. The Morgan fingerprint density at radius 3 is 2.19 bits per heavy atom. The monoisotopic (exact) mass is 396 g/mol. The summed E-state index contributed by atoms with van der Waals surface area (Å²) < 4.78 is 43.7. The number of hydrogen-bond acceptors (Lipinski definition) is 3. The summed E-state index contributed by atoms with van der Waals surface area (Å²) in [6, 6.07) is 0. The van der Waals surface area contributed by atoms with Crippen molar-refractivity contribution in [1.82, 2.24) is 3.96 Å². The Bertz CT molecular complexity index is 254. The Labute approximate surface area is 117 Å². The Balaban J connectivity index is 4.21. The Morgan fingerprint density at radius 1 is 1.31 bits per heavy atom. The molecule has 0 radical (unpaired) electrons. The summed E-state index contributed by atoms with van der Waals surface area (Å²) in [5.74, 6) is 0. The van der Waals surface area contributed by atoms with Crippen LogP contribution in [0.25, 0.3) is 0 Å². The van der Waals surface area contributed by atoms with E-state index in [4.69, 9.17) is 56.7 Å². The van der Waals surface area contributed by atoms with E-state index in [0.717, 1.165) is 3.96 Å². The van der Waals surface area contributed by atoms with Gasteiger partial charge < -0.3 is 4.52 Å². The van der Waals surface area contributed by atoms with E-state index in [1.807, 2.05) is 0 Å². The Morgan fingerprint density at radius 2 is 1.81 bits per heavy atom. The van der Waals surface area contributed by atoms with Crippen LogP contribution in [0.2, 0.25) is 0 Å². The molecule has 0 aromatic carbocycles. The summed E-state index contributed by atoms with van der Waals surface area (Å²) in [4.78, 5) is 0. The average molecular weight is 398 g/mol. The molecule has 0 aromatic rings. The first-order valence-electron chi connectivity index (χ1n) is 3.10. The second-order valence-electron chi connectivity index (χ2n) is 1.95. The molecule has 14 heteroatoms. The van der Waals surface area contributed by atoms with Gasteiger partial charge in [-0.3, -0.25) is 0 Å². The molecule has 0 amide bonds. The van der Waals surface area contributed by atoms with Crippen LogP contribution < -0.4 is 0 Å². The molecule has 0 rings (SSSR count). The van der Waals surface area contributed by atoms with E-state index in [-0.39, 0.29) is 0 Å². The van der Waals surface area contributed by atoms with Crippen LogP contribution in [0.1, 0.15) is 0 Å². The molecule has 2 unspecified atom stereocenters. The van der Waals surface area contributed by atoms with Crippen LogP contribution in [0.15, 0.2) is 4.52 Å². The standard InChI is InChI=1S/C2H3Cl5F3N2OP3/c3-12(14(4)5)15(6)11-16(7)13-1-2(8,9)10/h16H,1H2. The maximum Gasteiger partial charge on any atom is 0.412 e. The van der Waals surface area contributed by atoms with Crippen LogP contribution in [-0.4, -0.2) is 16.7 Å². The number of nitrogens with zero attached hydrogens (tertiary/aromatic N) is 2. The lowest BCUT2D eigenvalue weighted by atomic mass is 10.7. The third-order valence-corrected chi connectivity index (χ3v) is 9.59. The normalized spacial score (nSPS) is 17.1. The van der Waals surface area contributed by atoms with Crippen molar-refractivity contribution in [3.05, 3.63) is 0 Å². The highest BCUT2D eigenvalue weighted by molar-refractivity contribution is 8.08. The molecule has 0 saturated heterocycles. The zero-order valence-corrected chi connectivity index (χ0v) is 13.5. The van der Waals surface area contributed by atoms with Gasteiger partial charge in [-0.2, -0.15) is 13.2 Å². The van der Waals surface area contributed by atoms with Gasteiger partial charge in [0, 0.05) is 0 Å². The third kappa shape index (κ3) is 9.22. The van der Waals surface area contributed by atoms with Gasteiger partial charge in [0.15, 0.2) is 14.1 Å². The van der Waals surface area contributed by atoms with Gasteiger partial charge in [-0.1, -0.05) is 33.7 Å². The van der Waals surface area contributed by atoms with Crippen LogP contribution in [0, 0.1) is 0 Å². The lowest BCUT2D eigenvalue weighted by molar-refractivity contribution is -0.151. The highest BCUT2D eigenvalue weighted by Crippen LogP contribution is 2.68. The first-order valence-corrected chi connectivity index (χ1v) is 11.1. The number of rotatable bonds is 5. The molecule has 0 fully saturated rings. The smallest absolute Gasteiger partial charge is 0.325 e. The highest BCUT2D eigenvalue weighted by Gasteiger charge is 2.28. The van der Waals surface area contributed by atoms with Crippen LogP contribution in [0.5, 0.6) is 0 Å². The maximum absolute atomic E-state index is 11.7. The topological polar surface area (TPSA) is 24.8 Å². The summed E-state index contributed by atoms with van der Waals surface area (Å²) in [7, 11) is -4.44. The minimum absolute atomic E-state index is 0.791. The maximum atomic E-state index is 11.7. The molecular weight excluding hydrogens is 395 g/mol. The van der Waals surface area contributed by atoms with Gasteiger partial charge in [0.2, 0.25) is 7.58 Å². The molecule has 0 saturated carbocycles. The Hall–Kier alpha value is 2.25. The largest absolute Gasteiger partial charge is 0.412 e. The lowest BCUT2D eigenvalue weighted by Gasteiger charge is -2.15. The van der Waals surface area contributed by atoms with Crippen molar-refractivity contribution < 1.29 is 17.7 Å². The van der Waals surface area contributed by atoms with E-state index in [0.29, 0.717) is 0 Å². The summed E-state index contributed by atoms with van der Waals surface area (Å²) in [6.07, 6.45) is -4.47. The lowest BCUT2D eigenvalue weighted by Crippen LogP contribution is -2.13. The second-order valence-corrected chi connectivity index (χ2v) is 10.7. The van der Waals surface area contributed by atoms with Gasteiger partial charge in [0.05, 0.1) is 0 Å². The molecule has 0 aliphatic rings. The van der Waals surface area contributed by atoms with E-state index < -0.39 is 34.4 Å². The molecular formula is C2H3Cl5F3N2OP3. The van der Waals surface area contributed by atoms with Gasteiger partial charge in [-0.25, -0.2) is 4.52 Å². The predicted octanol–water partition coefficient (Wildman–Crippen LogP) is 6.66. The van der Waals surface area contributed by atoms with E-state index in [1.165, 1.54) is 0 Å². The molecule has 0 heterocycles. The molecule has 0 aliphatic carbocycles. The van der Waals surface area contributed by atoms with E-state index in [2.05, 4.69) is 9.04 Å². The fourth-order valence-corrected chi connectivity index (χ4v) is 6.92. The zero-order valence-electron chi connectivity index (χ0n) is 6.93. The van der Waals surface area contributed by atoms with Crippen LogP contribution in [0.3, 0.4) is 0 Å². The van der Waals surface area contributed by atoms with Crippen molar-refractivity contribution in [1.29, 1.82) is 0 Å². The quantitative estimate of drug-likeness (QED) is 0.382. The van der Waals surface area contributed by atoms with Crippen LogP contribution in [0.4, 0.5) is 13.2 Å². The summed E-state index contributed by atoms with van der Waals surface area (Å²) in [5, 5.41) is 0. The third-order valence-electron chi connectivity index (χ3n) is 0.777. The van der Waals surface area contributed by atoms with Crippen molar-refractivity contribution in [2.75, 3.05) is 6.61 Å². The SMILES string of the molecule is FC(F)(F)CO/[PH](Cl)=N/P(Cl)N(Cl)P(Cl)Cl. The molecule has 0 bridgehead atoms. The first-order chi connectivity index (χ1) is 7.13. The molecule has 2 atom stereocenters. The molecule has 98 valence electrons. The number of alkyl halides is 3. The van der Waals surface area contributed by atoms with Gasteiger partial charge in [-0.15, -0.1) is 3.96 Å². The van der Waals surface area contributed by atoms with Gasteiger partial charge in [-0.05, 0) is 23.0 Å². The molecule has 16 heavy (non-hydrogen) atoms. The van der Waals surface area contributed by atoms with Crippen LogP contribution >= 0.6 is 78.4 Å². The fourth-order valence-electron chi connectivity index (χ4n) is 0.328. The average Bonchev–Trinajstić information content (AvgIpc) is 2.12. The van der Waals surface area contributed by atoms with E-state index >= 15 is 0 Å². The zero-order chi connectivity index (χ0) is 12.9. The summed E-state index contributed by atoms with van der Waals surface area (Å²) >= 11 is 27.3. The van der Waals surface area contributed by atoms with Crippen molar-refractivity contribution in [3.8, 4) is 0 Å². The molecule has 0 spiro atoms. The van der Waals surface area contributed by atoms with Gasteiger partial charge in [0.1, 0.15) is 6.61 Å². The minimum atomic E-state index is -4.47. The van der Waals surface area contributed by atoms with Crippen molar-refractivity contribution in [2.45, 2.75) is 6.18 Å². The minimum Gasteiger partial charge on any atom is -0.325 e. The Kier molecular flexibility index (Phi) is 9.61. The van der Waals surface area contributed by atoms with Crippen LogP contribution in [-0.2, 0) is 4.52 Å². The number of halogens is 8. The van der Waals surface area contributed by atoms with Crippen molar-refractivity contribution in [3.63, 3.8) is 0 Å². The number of hydrogen-bond donors (Lipinski definition) is 0. The second kappa shape index (κ2) is 8.43. The molecule has 0 N–H and O–H groups in total.